The van der Waals surface area contributed by atoms with Gasteiger partial charge in [0, 0.05) is 23.7 Å². The first-order valence-corrected chi connectivity index (χ1v) is 12.0. The van der Waals surface area contributed by atoms with Crippen molar-refractivity contribution in [3.05, 3.63) is 101 Å². The summed E-state index contributed by atoms with van der Waals surface area (Å²) in [4.78, 5) is 17.3. The second-order valence-corrected chi connectivity index (χ2v) is 8.89. The lowest BCUT2D eigenvalue weighted by Gasteiger charge is -2.25. The highest BCUT2D eigenvalue weighted by Crippen LogP contribution is 2.28. The largest absolute Gasteiger partial charge is 0.462 e. The third kappa shape index (κ3) is 6.55. The Hall–Kier alpha value is -3.79. The molecule has 2 unspecified atom stereocenters. The summed E-state index contributed by atoms with van der Waals surface area (Å²) >= 11 is 0. The third-order valence-corrected chi connectivity index (χ3v) is 6.16. The minimum atomic E-state index is -4.74. The molecule has 0 bridgehead atoms. The Morgan fingerprint density at radius 3 is 2.55 bits per heavy atom. The molecule has 2 atom stereocenters. The first-order chi connectivity index (χ1) is 18.1. The van der Waals surface area contributed by atoms with Crippen molar-refractivity contribution >= 4 is 12.0 Å². The number of nitrogens with zero attached hydrogens (tertiary/aromatic N) is 1. The average Bonchev–Trinajstić information content (AvgIpc) is 3.14. The number of amides is 1. The van der Waals surface area contributed by atoms with Crippen LogP contribution in [-0.2, 0) is 12.8 Å². The third-order valence-electron chi connectivity index (χ3n) is 6.16. The van der Waals surface area contributed by atoms with Gasteiger partial charge in [0.2, 0.25) is 5.88 Å². The highest BCUT2D eigenvalue weighted by molar-refractivity contribution is 5.98. The van der Waals surface area contributed by atoms with Crippen molar-refractivity contribution in [2.45, 2.75) is 50.4 Å². The van der Waals surface area contributed by atoms with Crippen LogP contribution in [0.3, 0.4) is 0 Å². The van der Waals surface area contributed by atoms with Gasteiger partial charge in [0.1, 0.15) is 5.82 Å². The number of allylic oxidation sites excluding steroid dienone is 1. The van der Waals surface area contributed by atoms with Crippen LogP contribution >= 0.6 is 0 Å². The number of rotatable bonds is 9. The van der Waals surface area contributed by atoms with Gasteiger partial charge in [-0.1, -0.05) is 42.5 Å². The molecule has 10 heteroatoms. The number of hydrogen-bond donors (Lipinski definition) is 2. The van der Waals surface area contributed by atoms with Crippen molar-refractivity contribution in [2.24, 2.45) is 0 Å². The zero-order valence-corrected chi connectivity index (χ0v) is 20.1. The maximum Gasteiger partial charge on any atom is 0.462 e. The molecule has 0 aliphatic heterocycles. The number of alkyl halides is 4. The van der Waals surface area contributed by atoms with Crippen LogP contribution in [-0.4, -0.2) is 34.6 Å². The Labute approximate surface area is 216 Å². The van der Waals surface area contributed by atoms with E-state index in [1.165, 1.54) is 24.3 Å². The van der Waals surface area contributed by atoms with Crippen LogP contribution in [0.5, 0.6) is 5.88 Å². The maximum absolute atomic E-state index is 13.5. The Morgan fingerprint density at radius 2 is 1.82 bits per heavy atom. The number of fused-ring (bicyclic) bond motifs is 1. The second kappa shape index (κ2) is 11.7. The fourth-order valence-corrected chi connectivity index (χ4v) is 4.25. The molecule has 1 aromatic heterocycles. The number of halogens is 5. The number of ether oxygens (including phenoxy) is 1. The van der Waals surface area contributed by atoms with E-state index in [0.717, 1.165) is 48.6 Å². The van der Waals surface area contributed by atoms with E-state index in [0.29, 0.717) is 11.1 Å². The van der Waals surface area contributed by atoms with E-state index < -0.39 is 42.3 Å². The summed E-state index contributed by atoms with van der Waals surface area (Å²) in [5.74, 6) is -1.75. The summed E-state index contributed by atoms with van der Waals surface area (Å²) < 4.78 is 69.4. The molecular formula is C28H25F5N2O3. The number of aliphatic hydroxyl groups is 1. The van der Waals surface area contributed by atoms with Gasteiger partial charge in [0.05, 0.1) is 12.1 Å². The number of nitrogens with one attached hydrogen (secondary N) is 1. The molecule has 2 aromatic carbocycles. The Morgan fingerprint density at radius 1 is 1.08 bits per heavy atom. The topological polar surface area (TPSA) is 71.5 Å². The van der Waals surface area contributed by atoms with E-state index in [-0.39, 0.29) is 12.1 Å². The van der Waals surface area contributed by atoms with E-state index in [1.54, 1.807) is 12.1 Å². The molecule has 0 fully saturated rings. The first-order valence-electron chi connectivity index (χ1n) is 12.0. The van der Waals surface area contributed by atoms with Gasteiger partial charge in [-0.2, -0.15) is 17.6 Å². The quantitative estimate of drug-likeness (QED) is 0.338. The van der Waals surface area contributed by atoms with Gasteiger partial charge in [-0.05, 0) is 60.2 Å². The van der Waals surface area contributed by atoms with Gasteiger partial charge < -0.3 is 15.2 Å². The lowest BCUT2D eigenvalue weighted by Crippen LogP contribution is -2.41. The van der Waals surface area contributed by atoms with Crippen LogP contribution in [0.15, 0.2) is 66.7 Å². The minimum Gasteiger partial charge on any atom is -0.410 e. The standard InChI is InChI=1S/C28H25F5N2O3/c29-19-14-12-18(13-15-19)25(36)23(16-20-8-5-11-24(34-20)38-28(32,33)27(30)31)35-26(37)22-10-4-7-17-6-2-1-3-9-21(17)22/h3-5,7-15,23,25,27,36H,1-2,6,16H2,(H,35,37). The maximum atomic E-state index is 13.5. The van der Waals surface area contributed by atoms with Gasteiger partial charge in [-0.25, -0.2) is 9.37 Å². The normalized spacial score (nSPS) is 14.9. The van der Waals surface area contributed by atoms with Crippen LogP contribution in [0.25, 0.3) is 6.08 Å². The number of hydrogen-bond acceptors (Lipinski definition) is 4. The fourth-order valence-electron chi connectivity index (χ4n) is 4.25. The molecule has 1 amide bonds. The van der Waals surface area contributed by atoms with E-state index in [1.807, 2.05) is 18.2 Å². The van der Waals surface area contributed by atoms with Gasteiger partial charge in [-0.15, -0.1) is 0 Å². The van der Waals surface area contributed by atoms with Crippen molar-refractivity contribution < 1.29 is 36.6 Å². The van der Waals surface area contributed by atoms with Crippen molar-refractivity contribution in [1.29, 1.82) is 0 Å². The summed E-state index contributed by atoms with van der Waals surface area (Å²) in [6.45, 7) is 0. The summed E-state index contributed by atoms with van der Waals surface area (Å²) in [7, 11) is 0. The molecule has 4 rings (SSSR count). The smallest absolute Gasteiger partial charge is 0.410 e. The molecular weight excluding hydrogens is 507 g/mol. The van der Waals surface area contributed by atoms with Crippen LogP contribution in [0.1, 0.15) is 51.7 Å². The summed E-state index contributed by atoms with van der Waals surface area (Å²) in [5, 5.41) is 13.9. The molecule has 200 valence electrons. The number of aliphatic hydroxyl groups excluding tert-OH is 1. The van der Waals surface area contributed by atoms with Gasteiger partial charge >= 0.3 is 12.5 Å². The predicted molar refractivity (Wildman–Crippen MR) is 131 cm³/mol. The number of aromatic nitrogens is 1. The fraction of sp³-hybridized carbons (Fsp3) is 0.286. The van der Waals surface area contributed by atoms with Crippen molar-refractivity contribution in [3.8, 4) is 5.88 Å². The summed E-state index contributed by atoms with van der Waals surface area (Å²) in [6.07, 6.45) is -3.84. The summed E-state index contributed by atoms with van der Waals surface area (Å²) in [6, 6.07) is 13.0. The second-order valence-electron chi connectivity index (χ2n) is 8.89. The van der Waals surface area contributed by atoms with Crippen LogP contribution in [0.2, 0.25) is 0 Å². The number of aryl methyl sites for hydroxylation is 1. The van der Waals surface area contributed by atoms with Gasteiger partial charge in [-0.3, -0.25) is 4.79 Å². The van der Waals surface area contributed by atoms with Crippen molar-refractivity contribution in [2.75, 3.05) is 0 Å². The highest BCUT2D eigenvalue weighted by Gasteiger charge is 2.44. The zero-order chi connectivity index (χ0) is 27.3. The molecule has 38 heavy (non-hydrogen) atoms. The number of carbonyl (C=O) groups excluding carboxylic acids is 1. The highest BCUT2D eigenvalue weighted by atomic mass is 19.3. The van der Waals surface area contributed by atoms with Crippen molar-refractivity contribution in [3.63, 3.8) is 0 Å². The van der Waals surface area contributed by atoms with E-state index >= 15 is 0 Å². The van der Waals surface area contributed by atoms with Crippen LogP contribution in [0.4, 0.5) is 22.0 Å². The van der Waals surface area contributed by atoms with E-state index in [4.69, 9.17) is 0 Å². The van der Waals surface area contributed by atoms with Gasteiger partial charge in [0.15, 0.2) is 0 Å². The van der Waals surface area contributed by atoms with E-state index in [2.05, 4.69) is 15.0 Å². The molecule has 0 spiro atoms. The molecule has 0 radical (unpaired) electrons. The minimum absolute atomic E-state index is 0.0887. The lowest BCUT2D eigenvalue weighted by atomic mass is 9.95. The number of pyridine rings is 1. The summed E-state index contributed by atoms with van der Waals surface area (Å²) in [5.41, 5.74) is 2.54. The molecule has 3 aromatic rings. The number of carbonyl (C=O) groups is 1. The molecule has 1 heterocycles. The Kier molecular flexibility index (Phi) is 8.41. The Balaban J connectivity index is 1.63. The molecule has 0 saturated heterocycles. The molecule has 0 saturated carbocycles. The van der Waals surface area contributed by atoms with Crippen LogP contribution in [0, 0.1) is 5.82 Å². The Bertz CT molecular complexity index is 1300. The molecule has 1 aliphatic rings. The lowest BCUT2D eigenvalue weighted by molar-refractivity contribution is -0.254. The van der Waals surface area contributed by atoms with Crippen LogP contribution < -0.4 is 10.1 Å². The average molecular weight is 533 g/mol. The van der Waals surface area contributed by atoms with Crippen molar-refractivity contribution in [1.82, 2.24) is 10.3 Å². The van der Waals surface area contributed by atoms with E-state index in [9.17, 15) is 31.9 Å². The predicted octanol–water partition coefficient (Wildman–Crippen LogP) is 5.88. The zero-order valence-electron chi connectivity index (χ0n) is 20.1. The SMILES string of the molecule is O=C(NC(Cc1cccc(OC(F)(F)C(F)F)n1)C(O)c1ccc(F)cc1)c1cccc2c1C=CCCC2. The molecule has 2 N–H and O–H groups in total. The number of benzene rings is 2. The monoisotopic (exact) mass is 532 g/mol. The first kappa shape index (κ1) is 27.3. The molecule has 5 nitrogen and oxygen atoms in total. The van der Waals surface area contributed by atoms with Gasteiger partial charge in [0.25, 0.3) is 5.91 Å². The molecule has 1 aliphatic carbocycles.